The highest BCUT2D eigenvalue weighted by Gasteiger charge is 2.45. The van der Waals surface area contributed by atoms with Crippen molar-refractivity contribution in [3.8, 4) is 11.1 Å². The quantitative estimate of drug-likeness (QED) is 0.421. The van der Waals surface area contributed by atoms with Crippen molar-refractivity contribution in [1.82, 2.24) is 19.9 Å². The van der Waals surface area contributed by atoms with Crippen LogP contribution in [0.3, 0.4) is 0 Å². The van der Waals surface area contributed by atoms with Gasteiger partial charge in [0.25, 0.3) is 0 Å². The second-order valence-electron chi connectivity index (χ2n) is 9.75. The molecule has 4 heterocycles. The number of hydrogen-bond acceptors (Lipinski definition) is 5. The molecule has 6 nitrogen and oxygen atoms in total. The normalized spacial score (nSPS) is 17.8. The van der Waals surface area contributed by atoms with Crippen LogP contribution in [0, 0.1) is 5.41 Å². The van der Waals surface area contributed by atoms with Crippen molar-refractivity contribution in [2.24, 2.45) is 5.41 Å². The zero-order chi connectivity index (χ0) is 23.7. The number of fused-ring (bicyclic) bond motifs is 1. The van der Waals surface area contributed by atoms with Crippen molar-refractivity contribution < 1.29 is 4.79 Å². The Balaban J connectivity index is 1.15. The Labute approximate surface area is 205 Å². The maximum absolute atomic E-state index is 13.8. The molecule has 2 fully saturated rings. The summed E-state index contributed by atoms with van der Waals surface area (Å²) >= 11 is 0. The predicted octanol–water partition coefficient (Wildman–Crippen LogP) is 5.10. The molecular weight excluding hydrogens is 434 g/mol. The molecule has 6 heteroatoms. The standard InChI is InChI=1S/C29H29N5O/c35-28-29(12-17-33(18-13-29)27-20-31-25-7-1-2-8-26(25)32-27)11-4-16-34(28)21-22-5-3-6-24(19-22)23-9-14-30-15-10-23/h1-3,5-10,14-15,19-20H,4,11-13,16-18,21H2. The number of benzene rings is 2. The van der Waals surface area contributed by atoms with E-state index in [1.165, 1.54) is 5.56 Å². The predicted molar refractivity (Wildman–Crippen MR) is 138 cm³/mol. The lowest BCUT2D eigenvalue weighted by molar-refractivity contribution is -0.148. The first-order valence-electron chi connectivity index (χ1n) is 12.5. The van der Waals surface area contributed by atoms with Gasteiger partial charge in [0.05, 0.1) is 22.6 Å². The van der Waals surface area contributed by atoms with Crippen LogP contribution < -0.4 is 4.90 Å². The van der Waals surface area contributed by atoms with Crippen molar-refractivity contribution in [3.63, 3.8) is 0 Å². The summed E-state index contributed by atoms with van der Waals surface area (Å²) in [4.78, 5) is 31.6. The fraction of sp³-hybridized carbons (Fsp3) is 0.310. The number of amides is 1. The number of anilines is 1. The molecule has 2 aromatic carbocycles. The van der Waals surface area contributed by atoms with E-state index in [1.54, 1.807) is 0 Å². The molecule has 2 aromatic heterocycles. The van der Waals surface area contributed by atoms with Crippen molar-refractivity contribution >= 4 is 22.8 Å². The average Bonchev–Trinajstić information content (AvgIpc) is 2.92. The Morgan fingerprint density at radius 2 is 1.63 bits per heavy atom. The largest absolute Gasteiger partial charge is 0.355 e. The Bertz CT molecular complexity index is 1350. The number of carbonyl (C=O) groups excluding carboxylic acids is 1. The molecule has 0 N–H and O–H groups in total. The smallest absolute Gasteiger partial charge is 0.229 e. The van der Waals surface area contributed by atoms with Crippen LogP contribution in [0.1, 0.15) is 31.2 Å². The van der Waals surface area contributed by atoms with Gasteiger partial charge in [0.15, 0.2) is 0 Å². The number of aromatic nitrogens is 3. The van der Waals surface area contributed by atoms with Gasteiger partial charge in [0.2, 0.25) is 5.91 Å². The highest BCUT2D eigenvalue weighted by molar-refractivity contribution is 5.84. The lowest BCUT2D eigenvalue weighted by Gasteiger charge is -2.46. The van der Waals surface area contributed by atoms with Gasteiger partial charge in [-0.2, -0.15) is 0 Å². The molecule has 2 saturated heterocycles. The van der Waals surface area contributed by atoms with Gasteiger partial charge in [-0.25, -0.2) is 4.98 Å². The lowest BCUT2D eigenvalue weighted by atomic mass is 9.71. The van der Waals surface area contributed by atoms with Crippen LogP contribution in [-0.4, -0.2) is 45.4 Å². The minimum absolute atomic E-state index is 0.248. The van der Waals surface area contributed by atoms with Gasteiger partial charge >= 0.3 is 0 Å². The molecule has 2 aliphatic heterocycles. The van der Waals surface area contributed by atoms with Crippen molar-refractivity contribution in [3.05, 3.63) is 84.8 Å². The number of carbonyl (C=O) groups is 1. The van der Waals surface area contributed by atoms with Gasteiger partial charge in [0, 0.05) is 38.6 Å². The third kappa shape index (κ3) is 4.25. The number of rotatable bonds is 4. The van der Waals surface area contributed by atoms with Crippen LogP contribution in [0.4, 0.5) is 5.82 Å². The zero-order valence-corrected chi connectivity index (χ0v) is 19.8. The van der Waals surface area contributed by atoms with Crippen LogP contribution in [-0.2, 0) is 11.3 Å². The number of pyridine rings is 1. The average molecular weight is 464 g/mol. The molecule has 0 unspecified atom stereocenters. The van der Waals surface area contributed by atoms with E-state index in [9.17, 15) is 4.79 Å². The van der Waals surface area contributed by atoms with Crippen LogP contribution >= 0.6 is 0 Å². The summed E-state index contributed by atoms with van der Waals surface area (Å²) in [5.41, 5.74) is 5.06. The lowest BCUT2D eigenvalue weighted by Crippen LogP contribution is -2.53. The van der Waals surface area contributed by atoms with Crippen molar-refractivity contribution in [2.45, 2.75) is 32.2 Å². The van der Waals surface area contributed by atoms with E-state index in [4.69, 9.17) is 4.98 Å². The third-order valence-corrected chi connectivity index (χ3v) is 7.62. The number of hydrogen-bond donors (Lipinski definition) is 0. The first kappa shape index (κ1) is 21.7. The fourth-order valence-corrected chi connectivity index (χ4v) is 5.64. The summed E-state index contributed by atoms with van der Waals surface area (Å²) in [6.45, 7) is 3.17. The summed E-state index contributed by atoms with van der Waals surface area (Å²) < 4.78 is 0. The summed E-state index contributed by atoms with van der Waals surface area (Å²) in [7, 11) is 0. The Kier molecular flexibility index (Phi) is 5.64. The molecule has 0 radical (unpaired) electrons. The monoisotopic (exact) mass is 463 g/mol. The van der Waals surface area contributed by atoms with Crippen LogP contribution in [0.2, 0.25) is 0 Å². The molecule has 6 rings (SSSR count). The van der Waals surface area contributed by atoms with Gasteiger partial charge in [-0.1, -0.05) is 30.3 Å². The molecule has 4 aromatic rings. The van der Waals surface area contributed by atoms with E-state index in [1.807, 2.05) is 55.0 Å². The SMILES string of the molecule is O=C1N(Cc2cccc(-c3ccncc3)c2)CCCC12CCN(c1cnc3ccccc3n1)CC2. The second-order valence-corrected chi connectivity index (χ2v) is 9.75. The van der Waals surface area contributed by atoms with Crippen molar-refractivity contribution in [1.29, 1.82) is 0 Å². The number of likely N-dealkylation sites (tertiary alicyclic amines) is 1. The summed E-state index contributed by atoms with van der Waals surface area (Å²) in [5.74, 6) is 1.23. The van der Waals surface area contributed by atoms with Crippen LogP contribution in [0.15, 0.2) is 79.3 Å². The molecule has 2 aliphatic rings. The second kappa shape index (κ2) is 9.10. The molecule has 0 bridgehead atoms. The molecule has 0 saturated carbocycles. The molecule has 35 heavy (non-hydrogen) atoms. The van der Waals surface area contributed by atoms with E-state index in [2.05, 4.69) is 44.0 Å². The number of nitrogens with zero attached hydrogens (tertiary/aromatic N) is 5. The van der Waals surface area contributed by atoms with E-state index in [0.29, 0.717) is 12.5 Å². The van der Waals surface area contributed by atoms with Crippen LogP contribution in [0.25, 0.3) is 22.2 Å². The van der Waals surface area contributed by atoms with Crippen LogP contribution in [0.5, 0.6) is 0 Å². The maximum Gasteiger partial charge on any atom is 0.229 e. The zero-order valence-electron chi connectivity index (χ0n) is 19.8. The molecule has 0 aliphatic carbocycles. The Hall–Kier alpha value is -3.80. The highest BCUT2D eigenvalue weighted by atomic mass is 16.2. The summed E-state index contributed by atoms with van der Waals surface area (Å²) in [5, 5.41) is 0. The molecule has 0 atom stereocenters. The Morgan fingerprint density at radius 3 is 2.46 bits per heavy atom. The minimum Gasteiger partial charge on any atom is -0.355 e. The molecule has 1 spiro atoms. The van der Waals surface area contributed by atoms with Gasteiger partial charge in [0.1, 0.15) is 5.82 Å². The molecule has 176 valence electrons. The third-order valence-electron chi connectivity index (χ3n) is 7.62. The molecular formula is C29H29N5O. The van der Waals surface area contributed by atoms with E-state index in [-0.39, 0.29) is 5.41 Å². The first-order chi connectivity index (χ1) is 17.2. The van der Waals surface area contributed by atoms with Gasteiger partial charge in [-0.05, 0) is 72.7 Å². The van der Waals surface area contributed by atoms with E-state index < -0.39 is 0 Å². The van der Waals surface area contributed by atoms with Gasteiger partial charge < -0.3 is 9.80 Å². The summed E-state index contributed by atoms with van der Waals surface area (Å²) in [6, 6.07) is 20.5. The minimum atomic E-state index is -0.248. The molecule has 1 amide bonds. The highest BCUT2D eigenvalue weighted by Crippen LogP contribution is 2.42. The fourth-order valence-electron chi connectivity index (χ4n) is 5.64. The number of piperidine rings is 2. The van der Waals surface area contributed by atoms with Gasteiger partial charge in [-0.15, -0.1) is 0 Å². The number of para-hydroxylation sites is 2. The topological polar surface area (TPSA) is 62.2 Å². The van der Waals surface area contributed by atoms with E-state index in [0.717, 1.165) is 73.3 Å². The van der Waals surface area contributed by atoms with Gasteiger partial charge in [-0.3, -0.25) is 14.8 Å². The Morgan fingerprint density at radius 1 is 0.829 bits per heavy atom. The van der Waals surface area contributed by atoms with Crippen molar-refractivity contribution in [2.75, 3.05) is 24.5 Å². The summed E-state index contributed by atoms with van der Waals surface area (Å²) in [6.07, 6.45) is 9.28. The van der Waals surface area contributed by atoms with E-state index >= 15 is 0 Å². The first-order valence-corrected chi connectivity index (χ1v) is 12.5. The maximum atomic E-state index is 13.8.